The number of aryl methyl sites for hydroxylation is 1. The normalized spacial score (nSPS) is 16.8. The molecule has 134 valence electrons. The standard InChI is InChI=1S/C19H20N4O3/c1-13-10-18(26-21-13)15-7-5-9-22(15)19(24)14-11-20-23(12-14)16-6-3-4-8-17(16)25-2/h3-4,6,8,10-12,15H,5,7,9H2,1-2H3. The Kier molecular flexibility index (Phi) is 4.20. The van der Waals surface area contributed by atoms with Crippen molar-refractivity contribution in [3.05, 3.63) is 59.7 Å². The Balaban J connectivity index is 1.60. The fourth-order valence-electron chi connectivity index (χ4n) is 3.40. The summed E-state index contributed by atoms with van der Waals surface area (Å²) in [5, 5.41) is 8.29. The largest absolute Gasteiger partial charge is 0.494 e. The molecular formula is C19H20N4O3. The number of carbonyl (C=O) groups is 1. The van der Waals surface area contributed by atoms with Crippen LogP contribution in [0.4, 0.5) is 0 Å². The molecule has 4 rings (SSSR count). The molecule has 0 aliphatic carbocycles. The van der Waals surface area contributed by atoms with Gasteiger partial charge in [0, 0.05) is 18.8 Å². The first-order valence-corrected chi connectivity index (χ1v) is 8.59. The average molecular weight is 352 g/mol. The zero-order valence-electron chi connectivity index (χ0n) is 14.8. The molecule has 1 saturated heterocycles. The van der Waals surface area contributed by atoms with Gasteiger partial charge in [0.25, 0.3) is 5.91 Å². The summed E-state index contributed by atoms with van der Waals surface area (Å²) in [4.78, 5) is 14.9. The molecule has 0 radical (unpaired) electrons. The number of benzene rings is 1. The number of aromatic nitrogens is 3. The molecule has 2 aromatic heterocycles. The number of ether oxygens (including phenoxy) is 1. The lowest BCUT2D eigenvalue weighted by Gasteiger charge is -2.21. The topological polar surface area (TPSA) is 73.4 Å². The van der Waals surface area contributed by atoms with Gasteiger partial charge in [0.1, 0.15) is 11.4 Å². The van der Waals surface area contributed by atoms with E-state index in [2.05, 4.69) is 10.3 Å². The van der Waals surface area contributed by atoms with Gasteiger partial charge in [-0.1, -0.05) is 17.3 Å². The minimum atomic E-state index is -0.0710. The summed E-state index contributed by atoms with van der Waals surface area (Å²) < 4.78 is 12.4. The number of carbonyl (C=O) groups excluding carboxylic acids is 1. The lowest BCUT2D eigenvalue weighted by Crippen LogP contribution is -2.30. The number of hydrogen-bond acceptors (Lipinski definition) is 5. The van der Waals surface area contributed by atoms with Crippen LogP contribution in [0.5, 0.6) is 5.75 Å². The third-order valence-corrected chi connectivity index (χ3v) is 4.65. The predicted octanol–water partition coefficient (Wildman–Crippen LogP) is 3.15. The van der Waals surface area contributed by atoms with Gasteiger partial charge < -0.3 is 14.2 Å². The molecule has 1 fully saturated rings. The van der Waals surface area contributed by atoms with Crippen LogP contribution in [-0.4, -0.2) is 39.4 Å². The summed E-state index contributed by atoms with van der Waals surface area (Å²) in [5.74, 6) is 1.39. The molecule has 1 aromatic carbocycles. The van der Waals surface area contributed by atoms with Gasteiger partial charge in [-0.2, -0.15) is 5.10 Å². The van der Waals surface area contributed by atoms with Crippen molar-refractivity contribution >= 4 is 5.91 Å². The van der Waals surface area contributed by atoms with E-state index in [0.29, 0.717) is 17.9 Å². The van der Waals surface area contributed by atoms with Crippen LogP contribution in [0, 0.1) is 6.92 Å². The highest BCUT2D eigenvalue weighted by Crippen LogP contribution is 2.33. The third-order valence-electron chi connectivity index (χ3n) is 4.65. The van der Waals surface area contributed by atoms with Crippen molar-refractivity contribution in [2.24, 2.45) is 0 Å². The van der Waals surface area contributed by atoms with Gasteiger partial charge in [-0.25, -0.2) is 4.68 Å². The molecule has 1 amide bonds. The van der Waals surface area contributed by atoms with Crippen molar-refractivity contribution in [2.45, 2.75) is 25.8 Å². The number of amides is 1. The monoisotopic (exact) mass is 352 g/mol. The molecule has 0 bridgehead atoms. The number of hydrogen-bond donors (Lipinski definition) is 0. The highest BCUT2D eigenvalue weighted by molar-refractivity contribution is 5.94. The molecule has 26 heavy (non-hydrogen) atoms. The summed E-state index contributed by atoms with van der Waals surface area (Å²) in [5.41, 5.74) is 2.15. The molecular weight excluding hydrogens is 332 g/mol. The maximum Gasteiger partial charge on any atom is 0.257 e. The highest BCUT2D eigenvalue weighted by Gasteiger charge is 2.33. The fourth-order valence-corrected chi connectivity index (χ4v) is 3.40. The van der Waals surface area contributed by atoms with Crippen molar-refractivity contribution in [3.8, 4) is 11.4 Å². The zero-order chi connectivity index (χ0) is 18.1. The molecule has 1 atom stereocenters. The summed E-state index contributed by atoms with van der Waals surface area (Å²) in [6, 6.07) is 9.39. The molecule has 0 N–H and O–H groups in total. The van der Waals surface area contributed by atoms with Crippen LogP contribution in [0.3, 0.4) is 0 Å². The summed E-state index contributed by atoms with van der Waals surface area (Å²) in [7, 11) is 1.61. The van der Waals surface area contributed by atoms with E-state index in [1.165, 1.54) is 0 Å². The molecule has 1 aliphatic heterocycles. The van der Waals surface area contributed by atoms with Gasteiger partial charge in [0.15, 0.2) is 5.76 Å². The molecule has 7 nitrogen and oxygen atoms in total. The van der Waals surface area contributed by atoms with Crippen LogP contribution in [0.1, 0.15) is 40.7 Å². The van der Waals surface area contributed by atoms with E-state index in [0.717, 1.165) is 30.0 Å². The number of likely N-dealkylation sites (tertiary alicyclic amines) is 1. The first-order valence-electron chi connectivity index (χ1n) is 8.59. The number of para-hydroxylation sites is 2. The molecule has 0 saturated carbocycles. The first kappa shape index (κ1) is 16.4. The van der Waals surface area contributed by atoms with Gasteiger partial charge in [-0.15, -0.1) is 0 Å². The van der Waals surface area contributed by atoms with E-state index in [1.54, 1.807) is 24.2 Å². The van der Waals surface area contributed by atoms with E-state index in [9.17, 15) is 4.79 Å². The lowest BCUT2D eigenvalue weighted by molar-refractivity contribution is 0.0714. The summed E-state index contributed by atoms with van der Waals surface area (Å²) in [6.45, 7) is 2.58. The van der Waals surface area contributed by atoms with Crippen molar-refractivity contribution in [1.82, 2.24) is 19.8 Å². The van der Waals surface area contributed by atoms with E-state index < -0.39 is 0 Å². The molecule has 0 spiro atoms. The Labute approximate surface area is 151 Å². The van der Waals surface area contributed by atoms with Crippen molar-refractivity contribution in [3.63, 3.8) is 0 Å². The van der Waals surface area contributed by atoms with Crippen LogP contribution in [0.2, 0.25) is 0 Å². The van der Waals surface area contributed by atoms with Crippen LogP contribution < -0.4 is 4.74 Å². The van der Waals surface area contributed by atoms with Crippen LogP contribution >= 0.6 is 0 Å². The predicted molar refractivity (Wildman–Crippen MR) is 94.4 cm³/mol. The second-order valence-corrected chi connectivity index (χ2v) is 6.37. The van der Waals surface area contributed by atoms with Gasteiger partial charge >= 0.3 is 0 Å². The second kappa shape index (κ2) is 6.67. The van der Waals surface area contributed by atoms with E-state index >= 15 is 0 Å². The molecule has 3 heterocycles. The molecule has 1 unspecified atom stereocenters. The third kappa shape index (κ3) is 2.85. The number of methoxy groups -OCH3 is 1. The minimum absolute atomic E-state index is 0.0531. The fraction of sp³-hybridized carbons (Fsp3) is 0.316. The zero-order valence-corrected chi connectivity index (χ0v) is 14.8. The Morgan fingerprint density at radius 3 is 2.96 bits per heavy atom. The second-order valence-electron chi connectivity index (χ2n) is 6.37. The Hall–Kier alpha value is -3.09. The quantitative estimate of drug-likeness (QED) is 0.721. The highest BCUT2D eigenvalue weighted by atomic mass is 16.5. The SMILES string of the molecule is COc1ccccc1-n1cc(C(=O)N2CCCC2c2cc(C)no2)cn1. The number of nitrogens with zero attached hydrogens (tertiary/aromatic N) is 4. The Morgan fingerprint density at radius 2 is 2.19 bits per heavy atom. The van der Waals surface area contributed by atoms with Crippen LogP contribution in [0.25, 0.3) is 5.69 Å². The van der Waals surface area contributed by atoms with Gasteiger partial charge in [-0.05, 0) is 31.9 Å². The van der Waals surface area contributed by atoms with Gasteiger partial charge in [0.2, 0.25) is 0 Å². The van der Waals surface area contributed by atoms with E-state index in [1.807, 2.05) is 42.2 Å². The molecule has 3 aromatic rings. The molecule has 1 aliphatic rings. The Bertz CT molecular complexity index is 930. The first-order chi connectivity index (χ1) is 12.7. The Morgan fingerprint density at radius 1 is 1.35 bits per heavy atom. The molecule has 7 heteroatoms. The van der Waals surface area contributed by atoms with E-state index in [-0.39, 0.29) is 11.9 Å². The van der Waals surface area contributed by atoms with Gasteiger partial charge in [-0.3, -0.25) is 4.79 Å². The average Bonchev–Trinajstić information content (AvgIpc) is 3.41. The summed E-state index contributed by atoms with van der Waals surface area (Å²) in [6.07, 6.45) is 5.15. The smallest absolute Gasteiger partial charge is 0.257 e. The van der Waals surface area contributed by atoms with Crippen molar-refractivity contribution < 1.29 is 14.1 Å². The number of rotatable bonds is 4. The van der Waals surface area contributed by atoms with Gasteiger partial charge in [0.05, 0.1) is 30.6 Å². The van der Waals surface area contributed by atoms with Crippen molar-refractivity contribution in [2.75, 3.05) is 13.7 Å². The van der Waals surface area contributed by atoms with Crippen LogP contribution in [0.15, 0.2) is 47.2 Å². The summed E-state index contributed by atoms with van der Waals surface area (Å²) >= 11 is 0. The maximum absolute atomic E-state index is 13.0. The lowest BCUT2D eigenvalue weighted by atomic mass is 10.1. The van der Waals surface area contributed by atoms with Crippen molar-refractivity contribution in [1.29, 1.82) is 0 Å². The maximum atomic E-state index is 13.0. The minimum Gasteiger partial charge on any atom is -0.494 e. The van der Waals surface area contributed by atoms with E-state index in [4.69, 9.17) is 9.26 Å². The van der Waals surface area contributed by atoms with Crippen LogP contribution in [-0.2, 0) is 0 Å².